The Hall–Kier alpha value is -0.431. The van der Waals surface area contributed by atoms with Crippen molar-refractivity contribution in [3.8, 4) is 5.75 Å². The van der Waals surface area contributed by atoms with E-state index in [1.807, 2.05) is 18.2 Å². The Labute approximate surface area is 82.5 Å². The maximum absolute atomic E-state index is 5.62. The third-order valence-electron chi connectivity index (χ3n) is 1.58. The fraction of sp³-hybridized carbons (Fsp3) is 0.111. The topological polar surface area (TPSA) is 9.23 Å². The Kier molecular flexibility index (Phi) is 2.40. The van der Waals surface area contributed by atoms with Crippen molar-refractivity contribution in [3.63, 3.8) is 0 Å². The molecule has 1 nitrogen and oxygen atoms in total. The number of rotatable bonds is 0. The van der Waals surface area contributed by atoms with Gasteiger partial charge in [0.1, 0.15) is 0 Å². The molecule has 1 aliphatic heterocycles. The van der Waals surface area contributed by atoms with E-state index in [-0.39, 0.29) is 0 Å². The van der Waals surface area contributed by atoms with Crippen LogP contribution in [0.3, 0.4) is 0 Å². The Bertz CT molecular complexity index is 322. The summed E-state index contributed by atoms with van der Waals surface area (Å²) in [7, 11) is 0. The summed E-state index contributed by atoms with van der Waals surface area (Å²) < 4.78 is 7.97. The zero-order valence-electron chi connectivity index (χ0n) is 6.29. The molecule has 1 aromatic carbocycles. The van der Waals surface area contributed by atoms with Crippen molar-refractivity contribution in [2.75, 3.05) is 6.61 Å². The molecular weight excluding hydrogens is 239 g/mol. The van der Waals surface area contributed by atoms with Crippen LogP contribution in [-0.2, 0) is 0 Å². The molecule has 1 aliphatic rings. The first-order valence-corrected chi connectivity index (χ1v) is 5.74. The first-order valence-electron chi connectivity index (χ1n) is 3.59. The summed E-state index contributed by atoms with van der Waals surface area (Å²) >= 11 is 5.98. The molecule has 0 amide bonds. The minimum absolute atomic E-state index is 0.358. The Morgan fingerprint density at radius 1 is 1.42 bits per heavy atom. The second-order valence-corrected chi connectivity index (χ2v) is 5.08. The molecule has 62 valence electrons. The second kappa shape index (κ2) is 3.53. The van der Waals surface area contributed by atoms with Gasteiger partial charge in [0.05, 0.1) is 0 Å². The van der Waals surface area contributed by atoms with E-state index < -0.39 is 0 Å². The molecule has 0 spiro atoms. The first kappa shape index (κ1) is 8.18. The fourth-order valence-corrected chi connectivity index (χ4v) is 3.04. The average molecular weight is 246 g/mol. The molecule has 1 heterocycles. The van der Waals surface area contributed by atoms with Crippen LogP contribution in [0.5, 0.6) is 5.75 Å². The van der Waals surface area contributed by atoms with E-state index in [2.05, 4.69) is 6.07 Å². The predicted molar refractivity (Wildman–Crippen MR) is 51.3 cm³/mol. The van der Waals surface area contributed by atoms with Gasteiger partial charge in [-0.3, -0.25) is 0 Å². The van der Waals surface area contributed by atoms with Crippen molar-refractivity contribution in [3.05, 3.63) is 34.3 Å². The van der Waals surface area contributed by atoms with E-state index in [0.717, 1.165) is 5.75 Å². The SMILES string of the molecule is Cl/C=C1/COc2ccccc2[Se]1. The second-order valence-electron chi connectivity index (χ2n) is 2.41. The summed E-state index contributed by atoms with van der Waals surface area (Å²) in [6.07, 6.45) is 0. The molecule has 3 heteroatoms. The average Bonchev–Trinajstić information content (AvgIpc) is 2.17. The summed E-state index contributed by atoms with van der Waals surface area (Å²) in [6.45, 7) is 0.653. The molecule has 0 aromatic heterocycles. The van der Waals surface area contributed by atoms with Gasteiger partial charge in [-0.1, -0.05) is 0 Å². The number of hydrogen-bond acceptors (Lipinski definition) is 1. The number of hydrogen-bond donors (Lipinski definition) is 0. The van der Waals surface area contributed by atoms with Crippen LogP contribution in [0.4, 0.5) is 0 Å². The zero-order chi connectivity index (χ0) is 8.39. The number of benzene rings is 1. The van der Waals surface area contributed by atoms with Crippen LogP contribution in [0.15, 0.2) is 34.3 Å². The molecule has 0 aliphatic carbocycles. The third kappa shape index (κ3) is 1.51. The van der Waals surface area contributed by atoms with Crippen molar-refractivity contribution >= 4 is 31.0 Å². The first-order chi connectivity index (χ1) is 5.90. The van der Waals surface area contributed by atoms with E-state index in [9.17, 15) is 0 Å². The molecule has 0 radical (unpaired) electrons. The van der Waals surface area contributed by atoms with Crippen molar-refractivity contribution in [2.45, 2.75) is 0 Å². The number of fused-ring (bicyclic) bond motifs is 1. The minimum atomic E-state index is 0.358. The van der Waals surface area contributed by atoms with Gasteiger partial charge in [0.25, 0.3) is 0 Å². The standard InChI is InChI=1S/C9H7ClOSe/c10-5-7-6-11-8-3-1-2-4-9(8)12-7/h1-5H,6H2/b7-5-. The summed E-state index contributed by atoms with van der Waals surface area (Å²) in [4.78, 5) is 0. The number of ether oxygens (including phenoxy) is 1. The quantitative estimate of drug-likeness (QED) is 0.630. The molecule has 2 rings (SSSR count). The summed E-state index contributed by atoms with van der Waals surface area (Å²) in [5.41, 5.74) is 1.63. The molecule has 0 saturated heterocycles. The Balaban J connectivity index is 2.35. The summed E-state index contributed by atoms with van der Waals surface area (Å²) in [5, 5.41) is 0. The summed E-state index contributed by atoms with van der Waals surface area (Å²) in [6, 6.07) is 8.11. The Morgan fingerprint density at radius 3 is 3.08 bits per heavy atom. The van der Waals surface area contributed by atoms with Crippen LogP contribution in [0.25, 0.3) is 0 Å². The van der Waals surface area contributed by atoms with Crippen LogP contribution in [0.2, 0.25) is 0 Å². The van der Waals surface area contributed by atoms with E-state index >= 15 is 0 Å². The molecule has 0 bridgehead atoms. The predicted octanol–water partition coefficient (Wildman–Crippen LogP) is 1.49. The monoisotopic (exact) mass is 246 g/mol. The van der Waals surface area contributed by atoms with E-state index in [4.69, 9.17) is 16.3 Å². The van der Waals surface area contributed by atoms with Crippen molar-refractivity contribution in [2.24, 2.45) is 0 Å². The van der Waals surface area contributed by atoms with Gasteiger partial charge in [0.15, 0.2) is 0 Å². The molecule has 12 heavy (non-hydrogen) atoms. The van der Waals surface area contributed by atoms with Crippen molar-refractivity contribution in [1.29, 1.82) is 0 Å². The van der Waals surface area contributed by atoms with Gasteiger partial charge in [0, 0.05) is 0 Å². The molecule has 0 fully saturated rings. The van der Waals surface area contributed by atoms with Gasteiger partial charge in [-0.25, -0.2) is 0 Å². The van der Waals surface area contributed by atoms with Gasteiger partial charge in [-0.2, -0.15) is 0 Å². The molecule has 0 unspecified atom stereocenters. The summed E-state index contributed by atoms with van der Waals surface area (Å²) in [5.74, 6) is 1.01. The van der Waals surface area contributed by atoms with Crippen LogP contribution in [0.1, 0.15) is 0 Å². The molecule has 1 aromatic rings. The molecule has 0 atom stereocenters. The maximum atomic E-state index is 5.62. The molecule has 0 N–H and O–H groups in total. The van der Waals surface area contributed by atoms with Crippen LogP contribution in [0, 0.1) is 0 Å². The van der Waals surface area contributed by atoms with Gasteiger partial charge in [0.2, 0.25) is 0 Å². The third-order valence-corrected chi connectivity index (χ3v) is 4.35. The van der Waals surface area contributed by atoms with E-state index in [0.29, 0.717) is 21.6 Å². The number of halogens is 1. The normalized spacial score (nSPS) is 18.6. The van der Waals surface area contributed by atoms with Gasteiger partial charge in [-0.05, 0) is 0 Å². The van der Waals surface area contributed by atoms with Gasteiger partial charge < -0.3 is 0 Å². The molecule has 0 saturated carbocycles. The fourth-order valence-electron chi connectivity index (χ4n) is 1.03. The van der Waals surface area contributed by atoms with Crippen LogP contribution < -0.4 is 9.20 Å². The zero-order valence-corrected chi connectivity index (χ0v) is 8.76. The molecular formula is C9H7ClOSe. The Morgan fingerprint density at radius 2 is 2.25 bits per heavy atom. The van der Waals surface area contributed by atoms with Crippen molar-refractivity contribution in [1.82, 2.24) is 0 Å². The van der Waals surface area contributed by atoms with E-state index in [1.165, 1.54) is 8.93 Å². The van der Waals surface area contributed by atoms with Gasteiger partial charge in [-0.15, -0.1) is 0 Å². The van der Waals surface area contributed by atoms with Crippen molar-refractivity contribution < 1.29 is 4.74 Å². The van der Waals surface area contributed by atoms with Crippen LogP contribution in [-0.4, -0.2) is 21.6 Å². The number of para-hydroxylation sites is 1. The van der Waals surface area contributed by atoms with Gasteiger partial charge >= 0.3 is 82.4 Å². The van der Waals surface area contributed by atoms with E-state index in [1.54, 1.807) is 5.54 Å². The van der Waals surface area contributed by atoms with Crippen LogP contribution >= 0.6 is 11.6 Å².